The summed E-state index contributed by atoms with van der Waals surface area (Å²) in [5.41, 5.74) is -0.958. The van der Waals surface area contributed by atoms with Gasteiger partial charge in [-0.05, 0) is 37.2 Å². The van der Waals surface area contributed by atoms with Crippen LogP contribution in [0.5, 0.6) is 0 Å². The molecule has 2 amide bonds. The summed E-state index contributed by atoms with van der Waals surface area (Å²) in [6.45, 7) is 0.913. The molecule has 0 saturated carbocycles. The van der Waals surface area contributed by atoms with Crippen molar-refractivity contribution in [1.82, 2.24) is 15.3 Å². The molecule has 29 heavy (non-hydrogen) atoms. The van der Waals surface area contributed by atoms with Gasteiger partial charge in [0.25, 0.3) is 0 Å². The Labute approximate surface area is 184 Å². The molecule has 7 nitrogen and oxygen atoms in total. The van der Waals surface area contributed by atoms with Crippen LogP contribution in [0.3, 0.4) is 0 Å². The molecule has 1 atom stereocenters. The highest BCUT2D eigenvalue weighted by Gasteiger charge is 2.43. The summed E-state index contributed by atoms with van der Waals surface area (Å²) in [5, 5.41) is 8.26. The Balaban J connectivity index is 0.00000261. The molecule has 0 spiro atoms. The predicted molar refractivity (Wildman–Crippen MR) is 112 cm³/mol. The van der Waals surface area contributed by atoms with Gasteiger partial charge in [0.1, 0.15) is 23.3 Å². The third kappa shape index (κ3) is 7.04. The fourth-order valence-electron chi connectivity index (χ4n) is 2.81. The second-order valence-electron chi connectivity index (χ2n) is 6.11. The Hall–Kier alpha value is -2.07. The smallest absolute Gasteiger partial charge is 0.233 e. The zero-order valence-corrected chi connectivity index (χ0v) is 17.4. The van der Waals surface area contributed by atoms with Gasteiger partial charge in [0.2, 0.25) is 11.8 Å². The number of nitrogens with one attached hydrogen (secondary N) is 3. The van der Waals surface area contributed by atoms with Crippen LogP contribution < -0.4 is 16.0 Å². The van der Waals surface area contributed by atoms with E-state index < -0.39 is 23.0 Å². The van der Waals surface area contributed by atoms with Gasteiger partial charge < -0.3 is 16.0 Å². The van der Waals surface area contributed by atoms with E-state index in [1.165, 1.54) is 24.3 Å². The van der Waals surface area contributed by atoms with Crippen molar-refractivity contribution in [3.05, 3.63) is 48.3 Å². The Morgan fingerprint density at radius 1 is 0.966 bits per heavy atom. The molecule has 1 aliphatic heterocycles. The maximum atomic E-state index is 12.9. The SMILES string of the molecule is Cl.Cl.Cl.O=C(CC1(C(=O)Nc2ccc(F)cn2)CCNC1)Nc1ccc(F)cn1. The lowest BCUT2D eigenvalue weighted by Crippen LogP contribution is -2.41. The van der Waals surface area contributed by atoms with Crippen LogP contribution in [0.2, 0.25) is 0 Å². The van der Waals surface area contributed by atoms with Gasteiger partial charge in [0, 0.05) is 13.0 Å². The number of pyridine rings is 2. The van der Waals surface area contributed by atoms with Crippen LogP contribution in [0.4, 0.5) is 20.4 Å². The van der Waals surface area contributed by atoms with Gasteiger partial charge in [0.15, 0.2) is 0 Å². The van der Waals surface area contributed by atoms with Crippen molar-refractivity contribution < 1.29 is 18.4 Å². The monoisotopic (exact) mass is 469 g/mol. The molecular formula is C17H20Cl3F2N5O2. The number of carbonyl (C=O) groups is 2. The molecule has 0 aliphatic carbocycles. The molecule has 1 saturated heterocycles. The normalized spacial score (nSPS) is 17.2. The molecule has 3 rings (SSSR count). The van der Waals surface area contributed by atoms with E-state index in [1.54, 1.807) is 0 Å². The third-order valence-corrected chi connectivity index (χ3v) is 4.19. The van der Waals surface area contributed by atoms with Crippen LogP contribution in [0.1, 0.15) is 12.8 Å². The molecular weight excluding hydrogens is 451 g/mol. The van der Waals surface area contributed by atoms with Gasteiger partial charge in [-0.2, -0.15) is 0 Å². The average Bonchev–Trinajstić information content (AvgIpc) is 3.08. The maximum absolute atomic E-state index is 12.9. The second-order valence-corrected chi connectivity index (χ2v) is 6.11. The molecule has 160 valence electrons. The van der Waals surface area contributed by atoms with E-state index in [0.29, 0.717) is 19.5 Å². The summed E-state index contributed by atoms with van der Waals surface area (Å²) < 4.78 is 25.8. The molecule has 2 aromatic heterocycles. The number of nitrogens with zero attached hydrogens (tertiary/aromatic N) is 2. The summed E-state index contributed by atoms with van der Waals surface area (Å²) in [7, 11) is 0. The molecule has 12 heteroatoms. The number of carbonyl (C=O) groups excluding carboxylic acids is 2. The van der Waals surface area contributed by atoms with Gasteiger partial charge in [-0.15, -0.1) is 37.2 Å². The average molecular weight is 471 g/mol. The van der Waals surface area contributed by atoms with E-state index in [4.69, 9.17) is 0 Å². The number of hydrogen-bond acceptors (Lipinski definition) is 5. The van der Waals surface area contributed by atoms with E-state index in [2.05, 4.69) is 25.9 Å². The van der Waals surface area contributed by atoms with Crippen LogP contribution in [0.25, 0.3) is 0 Å². The highest BCUT2D eigenvalue weighted by Crippen LogP contribution is 2.31. The van der Waals surface area contributed by atoms with Crippen molar-refractivity contribution in [2.24, 2.45) is 5.41 Å². The molecule has 2 aromatic rings. The zero-order valence-electron chi connectivity index (χ0n) is 15.0. The van der Waals surface area contributed by atoms with Gasteiger partial charge in [0.05, 0.1) is 17.8 Å². The van der Waals surface area contributed by atoms with Crippen molar-refractivity contribution in [2.45, 2.75) is 12.8 Å². The first-order valence-corrected chi connectivity index (χ1v) is 8.02. The van der Waals surface area contributed by atoms with Crippen molar-refractivity contribution in [3.8, 4) is 0 Å². The highest BCUT2D eigenvalue weighted by atomic mass is 35.5. The van der Waals surface area contributed by atoms with Crippen LogP contribution in [0, 0.1) is 17.0 Å². The summed E-state index contributed by atoms with van der Waals surface area (Å²) in [4.78, 5) is 32.6. The van der Waals surface area contributed by atoms with Gasteiger partial charge in [-0.1, -0.05) is 0 Å². The zero-order chi connectivity index (χ0) is 18.6. The molecule has 0 aromatic carbocycles. The number of hydrogen-bond donors (Lipinski definition) is 3. The highest BCUT2D eigenvalue weighted by molar-refractivity contribution is 6.00. The van der Waals surface area contributed by atoms with E-state index in [0.717, 1.165) is 12.4 Å². The van der Waals surface area contributed by atoms with E-state index in [-0.39, 0.29) is 61.2 Å². The fourth-order valence-corrected chi connectivity index (χ4v) is 2.81. The Kier molecular flexibility index (Phi) is 11.0. The third-order valence-electron chi connectivity index (χ3n) is 4.19. The van der Waals surface area contributed by atoms with Crippen LogP contribution in [0.15, 0.2) is 36.7 Å². The number of halogens is 5. The summed E-state index contributed by atoms with van der Waals surface area (Å²) in [5.74, 6) is -1.38. The van der Waals surface area contributed by atoms with Crippen molar-refractivity contribution >= 4 is 60.7 Å². The Morgan fingerprint density at radius 2 is 1.52 bits per heavy atom. The minimum Gasteiger partial charge on any atom is -0.316 e. The molecule has 1 fully saturated rings. The van der Waals surface area contributed by atoms with Crippen molar-refractivity contribution in [3.63, 3.8) is 0 Å². The summed E-state index contributed by atoms with van der Waals surface area (Å²) in [6, 6.07) is 5.07. The van der Waals surface area contributed by atoms with E-state index in [1.807, 2.05) is 0 Å². The molecule has 1 aliphatic rings. The molecule has 0 radical (unpaired) electrons. The quantitative estimate of drug-likeness (QED) is 0.624. The van der Waals surface area contributed by atoms with Gasteiger partial charge in [-0.3, -0.25) is 9.59 Å². The van der Waals surface area contributed by atoms with E-state index >= 15 is 0 Å². The number of amides is 2. The van der Waals surface area contributed by atoms with Crippen molar-refractivity contribution in [1.29, 1.82) is 0 Å². The van der Waals surface area contributed by atoms with Gasteiger partial charge >= 0.3 is 0 Å². The minimum absolute atomic E-state index is 0. The van der Waals surface area contributed by atoms with Crippen LogP contribution in [-0.2, 0) is 9.59 Å². The van der Waals surface area contributed by atoms with E-state index in [9.17, 15) is 18.4 Å². The van der Waals surface area contributed by atoms with Crippen LogP contribution in [-0.4, -0.2) is 34.9 Å². The lowest BCUT2D eigenvalue weighted by Gasteiger charge is -2.26. The van der Waals surface area contributed by atoms with Gasteiger partial charge in [-0.25, -0.2) is 18.7 Å². The second kappa shape index (κ2) is 11.8. The topological polar surface area (TPSA) is 96.0 Å². The fraction of sp³-hybridized carbons (Fsp3) is 0.294. The first-order chi connectivity index (χ1) is 12.5. The number of anilines is 2. The Bertz CT molecular complexity index is 804. The van der Waals surface area contributed by atoms with Crippen LogP contribution >= 0.6 is 37.2 Å². The molecule has 0 bridgehead atoms. The Morgan fingerprint density at radius 3 is 1.97 bits per heavy atom. The maximum Gasteiger partial charge on any atom is 0.233 e. The van der Waals surface area contributed by atoms with Crippen molar-refractivity contribution in [2.75, 3.05) is 23.7 Å². The lowest BCUT2D eigenvalue weighted by molar-refractivity contribution is -0.129. The standard InChI is InChI=1S/C17H17F2N5O2.3ClH/c18-11-1-3-13(21-8-11)23-15(25)7-17(5-6-20-10-17)16(26)24-14-4-2-12(19)9-22-14;;;/h1-4,8-9,20H,5-7,10H2,(H,21,23,25)(H,22,24,26);3*1H. The lowest BCUT2D eigenvalue weighted by atomic mass is 9.82. The minimum atomic E-state index is -0.958. The first kappa shape index (κ1) is 26.9. The largest absolute Gasteiger partial charge is 0.316 e. The summed E-state index contributed by atoms with van der Waals surface area (Å²) >= 11 is 0. The molecule has 3 heterocycles. The first-order valence-electron chi connectivity index (χ1n) is 8.02. The predicted octanol–water partition coefficient (Wildman–Crippen LogP) is 2.97. The molecule has 1 unspecified atom stereocenters. The number of rotatable bonds is 5. The summed E-state index contributed by atoms with van der Waals surface area (Å²) in [6.07, 6.45) is 2.38. The molecule has 3 N–H and O–H groups in total. The number of aromatic nitrogens is 2.